The van der Waals surface area contributed by atoms with Crippen LogP contribution >= 0.6 is 0 Å². The van der Waals surface area contributed by atoms with Gasteiger partial charge in [-0.25, -0.2) is 0 Å². The topological polar surface area (TPSA) is 66.5 Å². The predicted octanol–water partition coefficient (Wildman–Crippen LogP) is 4.39. The average molecular weight is 366 g/mol. The number of carbonyl (C=O) groups excluding carboxylic acids is 3. The van der Waals surface area contributed by atoms with E-state index in [0.717, 1.165) is 11.3 Å². The maximum Gasteiger partial charge on any atom is 0.226 e. The van der Waals surface area contributed by atoms with Crippen LogP contribution in [0.3, 0.4) is 0 Å². The van der Waals surface area contributed by atoms with Crippen LogP contribution in [0, 0.1) is 0 Å². The van der Waals surface area contributed by atoms with Gasteiger partial charge in [0.05, 0.1) is 0 Å². The third-order valence-corrected chi connectivity index (χ3v) is 4.34. The Hall–Kier alpha value is -2.95. The van der Waals surface area contributed by atoms with Crippen molar-refractivity contribution in [3.05, 3.63) is 59.7 Å². The minimum atomic E-state index is -0.205. The highest BCUT2D eigenvalue weighted by molar-refractivity contribution is 5.98. The zero-order valence-electron chi connectivity index (χ0n) is 16.3. The monoisotopic (exact) mass is 366 g/mol. The molecule has 27 heavy (non-hydrogen) atoms. The smallest absolute Gasteiger partial charge is 0.226 e. The molecule has 142 valence electrons. The molecule has 0 heterocycles. The second-order valence-corrected chi connectivity index (χ2v) is 6.82. The molecule has 5 heteroatoms. The minimum absolute atomic E-state index is 0.0563. The van der Waals surface area contributed by atoms with Crippen LogP contribution in [0.1, 0.15) is 56.0 Å². The van der Waals surface area contributed by atoms with E-state index >= 15 is 0 Å². The van der Waals surface area contributed by atoms with Gasteiger partial charge in [0.1, 0.15) is 0 Å². The third kappa shape index (κ3) is 5.51. The number of amides is 2. The Labute approximate surface area is 160 Å². The molecule has 0 saturated heterocycles. The lowest BCUT2D eigenvalue weighted by Crippen LogP contribution is -2.32. The number of para-hydroxylation sites is 1. The Balaban J connectivity index is 2.08. The summed E-state index contributed by atoms with van der Waals surface area (Å²) in [5.41, 5.74) is 3.03. The molecule has 0 aliphatic rings. The lowest BCUT2D eigenvalue weighted by atomic mass is 10.0. The van der Waals surface area contributed by atoms with Gasteiger partial charge in [0.15, 0.2) is 5.78 Å². The summed E-state index contributed by atoms with van der Waals surface area (Å²) < 4.78 is 0. The molecular formula is C22H26N2O3. The van der Waals surface area contributed by atoms with Gasteiger partial charge in [-0.1, -0.05) is 44.2 Å². The van der Waals surface area contributed by atoms with Crippen LogP contribution in [-0.2, 0) is 9.59 Å². The molecular weight excluding hydrogens is 340 g/mol. The van der Waals surface area contributed by atoms with E-state index in [1.165, 1.54) is 13.8 Å². The number of carbonyl (C=O) groups is 3. The normalized spacial score (nSPS) is 10.6. The number of benzene rings is 2. The van der Waals surface area contributed by atoms with Gasteiger partial charge in [-0.3, -0.25) is 14.4 Å². The molecule has 0 fully saturated rings. The first-order chi connectivity index (χ1) is 12.8. The number of Topliss-reactive ketones (excluding diaryl/α,β-unsaturated/α-hetero) is 1. The molecule has 0 spiro atoms. The fourth-order valence-corrected chi connectivity index (χ4v) is 2.92. The molecule has 0 aromatic heterocycles. The number of rotatable bonds is 7. The zero-order valence-corrected chi connectivity index (χ0v) is 16.3. The molecule has 0 atom stereocenters. The molecule has 0 bridgehead atoms. The van der Waals surface area contributed by atoms with Crippen molar-refractivity contribution in [3.8, 4) is 0 Å². The van der Waals surface area contributed by atoms with Crippen molar-refractivity contribution < 1.29 is 14.4 Å². The van der Waals surface area contributed by atoms with E-state index in [9.17, 15) is 14.4 Å². The first kappa shape index (κ1) is 20.4. The number of nitrogens with zero attached hydrogens (tertiary/aromatic N) is 1. The summed E-state index contributed by atoms with van der Waals surface area (Å²) in [6, 6.07) is 14.6. The molecule has 0 saturated carbocycles. The van der Waals surface area contributed by atoms with E-state index in [-0.39, 0.29) is 36.5 Å². The molecule has 0 unspecified atom stereocenters. The van der Waals surface area contributed by atoms with Gasteiger partial charge < -0.3 is 10.2 Å². The Bertz CT molecular complexity index is 843. The van der Waals surface area contributed by atoms with Crippen LogP contribution in [0.2, 0.25) is 0 Å². The second kappa shape index (κ2) is 9.12. The van der Waals surface area contributed by atoms with Crippen molar-refractivity contribution in [3.63, 3.8) is 0 Å². The van der Waals surface area contributed by atoms with Gasteiger partial charge in [-0.05, 0) is 36.6 Å². The van der Waals surface area contributed by atoms with Crippen molar-refractivity contribution in [1.29, 1.82) is 0 Å². The summed E-state index contributed by atoms with van der Waals surface area (Å²) in [6.07, 6.45) is 0.163. The van der Waals surface area contributed by atoms with Crippen LogP contribution in [0.25, 0.3) is 0 Å². The van der Waals surface area contributed by atoms with E-state index in [2.05, 4.69) is 19.2 Å². The van der Waals surface area contributed by atoms with Crippen LogP contribution in [0.15, 0.2) is 48.5 Å². The molecule has 0 aliphatic carbocycles. The first-order valence-corrected chi connectivity index (χ1v) is 9.07. The SMILES string of the molecule is CC(=O)c1cccc(NC(=O)CCN(C(C)=O)c2ccccc2C(C)C)c1. The summed E-state index contributed by atoms with van der Waals surface area (Å²) in [7, 11) is 0. The Kier molecular flexibility index (Phi) is 6.88. The Morgan fingerprint density at radius 1 is 1.00 bits per heavy atom. The van der Waals surface area contributed by atoms with Crippen LogP contribution in [0.4, 0.5) is 11.4 Å². The molecule has 0 aliphatic heterocycles. The van der Waals surface area contributed by atoms with Gasteiger partial charge in [0.2, 0.25) is 11.8 Å². The van der Waals surface area contributed by atoms with Gasteiger partial charge in [-0.2, -0.15) is 0 Å². The molecule has 2 aromatic carbocycles. The molecule has 5 nitrogen and oxygen atoms in total. The summed E-state index contributed by atoms with van der Waals surface area (Å²) in [5, 5.41) is 2.79. The van der Waals surface area contributed by atoms with Crippen molar-refractivity contribution in [2.24, 2.45) is 0 Å². The largest absolute Gasteiger partial charge is 0.326 e. The number of hydrogen-bond donors (Lipinski definition) is 1. The average Bonchev–Trinajstić information content (AvgIpc) is 2.62. The zero-order chi connectivity index (χ0) is 20.0. The second-order valence-electron chi connectivity index (χ2n) is 6.82. The quantitative estimate of drug-likeness (QED) is 0.739. The van der Waals surface area contributed by atoms with Crippen LogP contribution in [-0.4, -0.2) is 24.1 Å². The van der Waals surface area contributed by atoms with E-state index in [1.807, 2.05) is 24.3 Å². The van der Waals surface area contributed by atoms with Crippen LogP contribution in [0.5, 0.6) is 0 Å². The van der Waals surface area contributed by atoms with Gasteiger partial charge >= 0.3 is 0 Å². The number of ketones is 1. The van der Waals surface area contributed by atoms with Gasteiger partial charge in [-0.15, -0.1) is 0 Å². The molecule has 2 aromatic rings. The maximum atomic E-state index is 12.3. The molecule has 2 amide bonds. The van der Waals surface area contributed by atoms with E-state index in [0.29, 0.717) is 11.3 Å². The van der Waals surface area contributed by atoms with Crippen molar-refractivity contribution in [1.82, 2.24) is 0 Å². The van der Waals surface area contributed by atoms with E-state index in [4.69, 9.17) is 0 Å². The number of anilines is 2. The van der Waals surface area contributed by atoms with Crippen LogP contribution < -0.4 is 10.2 Å². The predicted molar refractivity (Wildman–Crippen MR) is 108 cm³/mol. The number of hydrogen-bond acceptors (Lipinski definition) is 3. The summed E-state index contributed by atoms with van der Waals surface area (Å²) in [5.74, 6) is -0.0937. The first-order valence-electron chi connectivity index (χ1n) is 9.07. The highest BCUT2D eigenvalue weighted by Gasteiger charge is 2.18. The molecule has 0 radical (unpaired) electrons. The standard InChI is InChI=1S/C22H26N2O3/c1-15(2)20-10-5-6-11-21(20)24(17(4)26)13-12-22(27)23-19-9-7-8-18(14-19)16(3)25/h5-11,14-15H,12-13H2,1-4H3,(H,23,27). The van der Waals surface area contributed by atoms with Gasteiger partial charge in [0, 0.05) is 36.8 Å². The number of nitrogens with one attached hydrogen (secondary N) is 1. The van der Waals surface area contributed by atoms with E-state index < -0.39 is 0 Å². The Morgan fingerprint density at radius 2 is 1.70 bits per heavy atom. The van der Waals surface area contributed by atoms with Crippen molar-refractivity contribution in [2.75, 3.05) is 16.8 Å². The third-order valence-electron chi connectivity index (χ3n) is 4.34. The minimum Gasteiger partial charge on any atom is -0.326 e. The lowest BCUT2D eigenvalue weighted by molar-refractivity contribution is -0.117. The fraction of sp³-hybridized carbons (Fsp3) is 0.318. The molecule has 1 N–H and O–H groups in total. The highest BCUT2D eigenvalue weighted by Crippen LogP contribution is 2.27. The maximum absolute atomic E-state index is 12.3. The van der Waals surface area contributed by atoms with E-state index in [1.54, 1.807) is 29.2 Å². The molecule has 2 rings (SSSR count). The summed E-state index contributed by atoms with van der Waals surface area (Å²) >= 11 is 0. The lowest BCUT2D eigenvalue weighted by Gasteiger charge is -2.25. The van der Waals surface area contributed by atoms with Crippen molar-refractivity contribution >= 4 is 29.0 Å². The summed E-state index contributed by atoms with van der Waals surface area (Å²) in [4.78, 5) is 37.6. The fourth-order valence-electron chi connectivity index (χ4n) is 2.92. The highest BCUT2D eigenvalue weighted by atomic mass is 16.2. The Morgan fingerprint density at radius 3 is 2.33 bits per heavy atom. The van der Waals surface area contributed by atoms with Crippen molar-refractivity contribution in [2.45, 2.75) is 40.0 Å². The summed E-state index contributed by atoms with van der Waals surface area (Å²) in [6.45, 7) is 7.43. The van der Waals surface area contributed by atoms with Gasteiger partial charge in [0.25, 0.3) is 0 Å².